The average Bonchev–Trinajstić information content (AvgIpc) is 2.01. The second kappa shape index (κ2) is 6.80. The molecule has 2 atom stereocenters. The predicted molar refractivity (Wildman–Crippen MR) is 71.7 cm³/mol. The number of hydrogen-bond donors (Lipinski definition) is 1. The maximum Gasteiger partial charge on any atom is 0.0549 e. The average molecular weight is 232 g/mol. The van der Waals surface area contributed by atoms with Gasteiger partial charge in [0.25, 0.3) is 0 Å². The summed E-state index contributed by atoms with van der Waals surface area (Å²) in [4.78, 5) is 0. The molecular formula is C13H28OS. The van der Waals surface area contributed by atoms with E-state index in [-0.39, 0.29) is 0 Å². The molecule has 0 N–H and O–H groups in total. The van der Waals surface area contributed by atoms with Gasteiger partial charge in [-0.1, -0.05) is 34.6 Å². The Labute approximate surface area is 101 Å². The topological polar surface area (TPSA) is 9.23 Å². The highest BCUT2D eigenvalue weighted by Gasteiger charge is 2.24. The lowest BCUT2D eigenvalue weighted by atomic mass is 9.82. The molecule has 0 aliphatic heterocycles. The highest BCUT2D eigenvalue weighted by molar-refractivity contribution is 7.80. The van der Waals surface area contributed by atoms with Crippen molar-refractivity contribution in [3.8, 4) is 0 Å². The van der Waals surface area contributed by atoms with Crippen LogP contribution in [0.4, 0.5) is 0 Å². The van der Waals surface area contributed by atoms with Gasteiger partial charge in [-0.15, -0.1) is 0 Å². The molecule has 0 aliphatic carbocycles. The molecule has 2 heteroatoms. The van der Waals surface area contributed by atoms with Gasteiger partial charge in [-0.3, -0.25) is 0 Å². The van der Waals surface area contributed by atoms with E-state index in [0.717, 1.165) is 18.8 Å². The molecule has 0 radical (unpaired) electrons. The summed E-state index contributed by atoms with van der Waals surface area (Å²) >= 11 is 4.40. The van der Waals surface area contributed by atoms with Gasteiger partial charge < -0.3 is 4.74 Å². The van der Waals surface area contributed by atoms with E-state index in [1.165, 1.54) is 0 Å². The fraction of sp³-hybridized carbons (Fsp3) is 1.00. The van der Waals surface area contributed by atoms with Gasteiger partial charge in [0.1, 0.15) is 0 Å². The second-order valence-corrected chi connectivity index (χ2v) is 6.38. The molecule has 0 heterocycles. The van der Waals surface area contributed by atoms with Crippen molar-refractivity contribution in [2.45, 2.75) is 54.1 Å². The molecule has 0 spiro atoms. The first-order chi connectivity index (χ1) is 6.77. The molecule has 2 unspecified atom stereocenters. The number of thiol groups is 1. The highest BCUT2D eigenvalue weighted by atomic mass is 32.1. The van der Waals surface area contributed by atoms with Crippen molar-refractivity contribution in [3.05, 3.63) is 0 Å². The van der Waals surface area contributed by atoms with E-state index in [1.54, 1.807) is 0 Å². The molecule has 0 rings (SSSR count). The summed E-state index contributed by atoms with van der Waals surface area (Å²) in [6.45, 7) is 14.2. The minimum Gasteiger partial charge on any atom is -0.378 e. The monoisotopic (exact) mass is 232 g/mol. The molecular weight excluding hydrogens is 204 g/mol. The summed E-state index contributed by atoms with van der Waals surface area (Å²) < 4.78 is 5.88. The maximum atomic E-state index is 5.88. The number of hydrogen-bond acceptors (Lipinski definition) is 2. The zero-order valence-electron chi connectivity index (χ0n) is 11.2. The van der Waals surface area contributed by atoms with Crippen LogP contribution in [0.25, 0.3) is 0 Å². The molecule has 15 heavy (non-hydrogen) atoms. The largest absolute Gasteiger partial charge is 0.378 e. The predicted octanol–water partition coefficient (Wildman–Crippen LogP) is 4.03. The van der Waals surface area contributed by atoms with Crippen LogP contribution in [0.3, 0.4) is 0 Å². The van der Waals surface area contributed by atoms with Crippen molar-refractivity contribution in [1.29, 1.82) is 0 Å². The number of ether oxygens (including phenoxy) is 1. The standard InChI is InChI=1S/C13H28OS/c1-10(2)7-11(3)14-8-12(9-15)13(4,5)6/h10-12,15H,7-9H2,1-6H3. The van der Waals surface area contributed by atoms with Crippen molar-refractivity contribution in [2.75, 3.05) is 12.4 Å². The van der Waals surface area contributed by atoms with Crippen LogP contribution in [-0.2, 0) is 4.74 Å². The lowest BCUT2D eigenvalue weighted by Gasteiger charge is -2.30. The van der Waals surface area contributed by atoms with Crippen molar-refractivity contribution in [3.63, 3.8) is 0 Å². The summed E-state index contributed by atoms with van der Waals surface area (Å²) in [6.07, 6.45) is 1.51. The summed E-state index contributed by atoms with van der Waals surface area (Å²) in [7, 11) is 0. The summed E-state index contributed by atoms with van der Waals surface area (Å²) in [6, 6.07) is 0. The first kappa shape index (κ1) is 15.3. The van der Waals surface area contributed by atoms with E-state index in [4.69, 9.17) is 4.74 Å². The quantitative estimate of drug-likeness (QED) is 0.680. The Balaban J connectivity index is 3.91. The SMILES string of the molecule is CC(C)CC(C)OCC(CS)C(C)(C)C. The van der Waals surface area contributed by atoms with Crippen LogP contribution in [0.1, 0.15) is 48.0 Å². The van der Waals surface area contributed by atoms with Crippen LogP contribution < -0.4 is 0 Å². The lowest BCUT2D eigenvalue weighted by Crippen LogP contribution is -2.28. The third kappa shape index (κ3) is 7.24. The zero-order valence-corrected chi connectivity index (χ0v) is 12.1. The van der Waals surface area contributed by atoms with Crippen LogP contribution in [-0.4, -0.2) is 18.5 Å². The van der Waals surface area contributed by atoms with Crippen molar-refractivity contribution in [1.82, 2.24) is 0 Å². The van der Waals surface area contributed by atoms with Crippen LogP contribution in [0.5, 0.6) is 0 Å². The summed E-state index contributed by atoms with van der Waals surface area (Å²) in [5, 5.41) is 0. The van der Waals surface area contributed by atoms with E-state index in [9.17, 15) is 0 Å². The molecule has 1 nitrogen and oxygen atoms in total. The minimum absolute atomic E-state index is 0.291. The third-order valence-electron chi connectivity index (χ3n) is 2.83. The number of rotatable bonds is 6. The first-order valence-electron chi connectivity index (χ1n) is 5.99. The Hall–Kier alpha value is 0.310. The molecule has 92 valence electrons. The minimum atomic E-state index is 0.291. The Kier molecular flexibility index (Phi) is 6.94. The Morgan fingerprint density at radius 3 is 2.00 bits per heavy atom. The van der Waals surface area contributed by atoms with Crippen molar-refractivity contribution >= 4 is 12.6 Å². The van der Waals surface area contributed by atoms with Gasteiger partial charge in [-0.25, -0.2) is 0 Å². The summed E-state index contributed by atoms with van der Waals surface area (Å²) in [5.41, 5.74) is 0.291. The van der Waals surface area contributed by atoms with Gasteiger partial charge in [0, 0.05) is 0 Å². The second-order valence-electron chi connectivity index (χ2n) is 6.02. The van der Waals surface area contributed by atoms with Crippen LogP contribution >= 0.6 is 12.6 Å². The van der Waals surface area contributed by atoms with E-state index >= 15 is 0 Å². The summed E-state index contributed by atoms with van der Waals surface area (Å²) in [5.74, 6) is 2.15. The van der Waals surface area contributed by atoms with Gasteiger partial charge in [0.2, 0.25) is 0 Å². The van der Waals surface area contributed by atoms with E-state index in [2.05, 4.69) is 54.2 Å². The fourth-order valence-corrected chi connectivity index (χ4v) is 2.24. The Morgan fingerprint density at radius 1 is 1.13 bits per heavy atom. The molecule has 0 fully saturated rings. The van der Waals surface area contributed by atoms with Crippen LogP contribution in [0.15, 0.2) is 0 Å². The van der Waals surface area contributed by atoms with Gasteiger partial charge >= 0.3 is 0 Å². The van der Waals surface area contributed by atoms with Gasteiger partial charge in [-0.2, -0.15) is 12.6 Å². The van der Waals surface area contributed by atoms with Crippen LogP contribution in [0.2, 0.25) is 0 Å². The fourth-order valence-electron chi connectivity index (χ4n) is 1.59. The molecule has 0 amide bonds. The maximum absolute atomic E-state index is 5.88. The van der Waals surface area contributed by atoms with Crippen LogP contribution in [0, 0.1) is 17.3 Å². The zero-order chi connectivity index (χ0) is 12.1. The van der Waals surface area contributed by atoms with Crippen molar-refractivity contribution < 1.29 is 4.74 Å². The van der Waals surface area contributed by atoms with Gasteiger partial charge in [0.05, 0.1) is 12.7 Å². The van der Waals surface area contributed by atoms with E-state index in [1.807, 2.05) is 0 Å². The molecule has 0 saturated carbocycles. The Morgan fingerprint density at radius 2 is 1.67 bits per heavy atom. The lowest BCUT2D eigenvalue weighted by molar-refractivity contribution is 0.00904. The smallest absolute Gasteiger partial charge is 0.0549 e. The molecule has 0 aromatic rings. The van der Waals surface area contributed by atoms with Gasteiger partial charge in [-0.05, 0) is 36.3 Å². The third-order valence-corrected chi connectivity index (χ3v) is 3.27. The molecule has 0 saturated heterocycles. The molecule has 0 aromatic heterocycles. The first-order valence-corrected chi connectivity index (χ1v) is 6.63. The highest BCUT2D eigenvalue weighted by Crippen LogP contribution is 2.27. The molecule has 0 bridgehead atoms. The van der Waals surface area contributed by atoms with E-state index < -0.39 is 0 Å². The van der Waals surface area contributed by atoms with Gasteiger partial charge in [0.15, 0.2) is 0 Å². The van der Waals surface area contributed by atoms with E-state index in [0.29, 0.717) is 23.4 Å². The Bertz CT molecular complexity index is 160. The van der Waals surface area contributed by atoms with Crippen molar-refractivity contribution in [2.24, 2.45) is 17.3 Å². The normalized spacial score (nSPS) is 16.8. The molecule has 0 aromatic carbocycles. The molecule has 0 aliphatic rings.